The summed E-state index contributed by atoms with van der Waals surface area (Å²) in [5.41, 5.74) is 3.22. The minimum absolute atomic E-state index is 0.241. The molecule has 7 nitrogen and oxygen atoms in total. The van der Waals surface area contributed by atoms with Crippen molar-refractivity contribution in [3.05, 3.63) is 125 Å². The van der Waals surface area contributed by atoms with E-state index in [1.807, 2.05) is 80.1 Å². The van der Waals surface area contributed by atoms with Crippen molar-refractivity contribution in [2.45, 2.75) is 51.8 Å². The first-order valence-electron chi connectivity index (χ1n) is 13.7. The molecule has 1 amide bonds. The Hall–Kier alpha value is -4.39. The monoisotopic (exact) mass is 537 g/mol. The topological polar surface area (TPSA) is 73.7 Å². The Morgan fingerprint density at radius 3 is 1.77 bits per heavy atom. The van der Waals surface area contributed by atoms with Crippen LogP contribution in [0, 0.1) is 0 Å². The van der Waals surface area contributed by atoms with Crippen LogP contribution in [0.3, 0.4) is 0 Å². The van der Waals surface area contributed by atoms with Gasteiger partial charge in [0.15, 0.2) is 5.69 Å². The highest BCUT2D eigenvalue weighted by Gasteiger charge is 2.44. The van der Waals surface area contributed by atoms with E-state index in [2.05, 4.69) is 36.4 Å². The number of amides is 1. The molecule has 0 unspecified atom stereocenters. The molecule has 1 aliphatic rings. The Labute approximate surface area is 235 Å². The SMILES string of the molecule is CCOC(=O)c1nn(C(c2ccccc2)(c2ccccc2)c2ccccc2)c2c1CCN(C(=O)OC(C)(C)C)C2. The maximum Gasteiger partial charge on any atom is 0.410 e. The molecule has 0 saturated heterocycles. The summed E-state index contributed by atoms with van der Waals surface area (Å²) in [5.74, 6) is -0.466. The largest absolute Gasteiger partial charge is 0.461 e. The molecule has 0 aliphatic carbocycles. The molecule has 0 fully saturated rings. The van der Waals surface area contributed by atoms with Gasteiger partial charge in [-0.1, -0.05) is 91.0 Å². The molecular formula is C33H35N3O4. The molecule has 7 heteroatoms. The number of benzene rings is 3. The second-order valence-corrected chi connectivity index (χ2v) is 10.9. The van der Waals surface area contributed by atoms with Crippen LogP contribution in [0.15, 0.2) is 91.0 Å². The van der Waals surface area contributed by atoms with Crippen molar-refractivity contribution in [3.63, 3.8) is 0 Å². The van der Waals surface area contributed by atoms with E-state index < -0.39 is 23.2 Å². The van der Waals surface area contributed by atoms with E-state index in [4.69, 9.17) is 14.6 Å². The van der Waals surface area contributed by atoms with Crippen LogP contribution in [0.5, 0.6) is 0 Å². The van der Waals surface area contributed by atoms with Gasteiger partial charge >= 0.3 is 12.1 Å². The highest BCUT2D eigenvalue weighted by atomic mass is 16.6. The normalized spacial score (nSPS) is 13.4. The first-order chi connectivity index (χ1) is 19.3. The maximum absolute atomic E-state index is 13.3. The van der Waals surface area contributed by atoms with Gasteiger partial charge in [0, 0.05) is 12.1 Å². The second kappa shape index (κ2) is 11.0. The average molecular weight is 538 g/mol. The number of hydrogen-bond donors (Lipinski definition) is 0. The fraction of sp³-hybridized carbons (Fsp3) is 0.303. The lowest BCUT2D eigenvalue weighted by Crippen LogP contribution is -2.44. The van der Waals surface area contributed by atoms with Gasteiger partial charge in [0.25, 0.3) is 0 Å². The summed E-state index contributed by atoms with van der Waals surface area (Å²) in [7, 11) is 0. The molecule has 0 N–H and O–H groups in total. The number of esters is 1. The molecular weight excluding hydrogens is 502 g/mol. The molecule has 3 aromatic carbocycles. The summed E-state index contributed by atoms with van der Waals surface area (Å²) in [6.45, 7) is 8.25. The maximum atomic E-state index is 13.3. The number of rotatable bonds is 6. The molecule has 1 aliphatic heterocycles. The lowest BCUT2D eigenvalue weighted by molar-refractivity contribution is 0.0217. The average Bonchev–Trinajstić information content (AvgIpc) is 3.34. The van der Waals surface area contributed by atoms with E-state index in [0.717, 1.165) is 27.9 Å². The van der Waals surface area contributed by atoms with E-state index in [1.54, 1.807) is 11.8 Å². The zero-order chi connectivity index (χ0) is 28.3. The van der Waals surface area contributed by atoms with Crippen molar-refractivity contribution < 1.29 is 19.1 Å². The minimum Gasteiger partial charge on any atom is -0.461 e. The number of nitrogens with zero attached hydrogens (tertiary/aromatic N) is 3. The van der Waals surface area contributed by atoms with Gasteiger partial charge in [0.2, 0.25) is 0 Å². The van der Waals surface area contributed by atoms with Crippen LogP contribution in [0.2, 0.25) is 0 Å². The van der Waals surface area contributed by atoms with E-state index in [0.29, 0.717) is 13.0 Å². The van der Waals surface area contributed by atoms with Gasteiger partial charge in [-0.25, -0.2) is 14.3 Å². The van der Waals surface area contributed by atoms with Gasteiger partial charge in [-0.05, 0) is 50.8 Å². The van der Waals surface area contributed by atoms with Crippen LogP contribution in [0.4, 0.5) is 4.79 Å². The van der Waals surface area contributed by atoms with E-state index in [1.165, 1.54) is 0 Å². The Balaban J connectivity index is 1.81. The van der Waals surface area contributed by atoms with Gasteiger partial charge < -0.3 is 14.4 Å². The molecule has 0 spiro atoms. The van der Waals surface area contributed by atoms with Crippen LogP contribution in [0.1, 0.15) is 66.1 Å². The van der Waals surface area contributed by atoms with Crippen molar-refractivity contribution in [1.82, 2.24) is 14.7 Å². The van der Waals surface area contributed by atoms with Gasteiger partial charge in [0.1, 0.15) is 11.1 Å². The molecule has 1 aromatic heterocycles. The van der Waals surface area contributed by atoms with Crippen LogP contribution in [0.25, 0.3) is 0 Å². The number of carbonyl (C=O) groups is 2. The van der Waals surface area contributed by atoms with Gasteiger partial charge in [0.05, 0.1) is 18.8 Å². The Morgan fingerprint density at radius 2 is 1.32 bits per heavy atom. The number of hydrogen-bond acceptors (Lipinski definition) is 5. The molecule has 0 saturated carbocycles. The molecule has 5 rings (SSSR count). The van der Waals surface area contributed by atoms with Crippen molar-refractivity contribution in [2.75, 3.05) is 13.2 Å². The lowest BCUT2D eigenvalue weighted by Gasteiger charge is -2.39. The summed E-state index contributed by atoms with van der Waals surface area (Å²) < 4.78 is 13.1. The van der Waals surface area contributed by atoms with Crippen LogP contribution in [-0.4, -0.2) is 45.5 Å². The molecule has 0 bridgehead atoms. The highest BCUT2D eigenvalue weighted by Crippen LogP contribution is 2.43. The molecule has 2 heterocycles. The molecule has 0 radical (unpaired) electrons. The van der Waals surface area contributed by atoms with Gasteiger partial charge in [-0.15, -0.1) is 0 Å². The quantitative estimate of drug-likeness (QED) is 0.217. The molecule has 206 valence electrons. The third-order valence-corrected chi connectivity index (χ3v) is 7.08. The molecule has 0 atom stereocenters. The zero-order valence-corrected chi connectivity index (χ0v) is 23.5. The first kappa shape index (κ1) is 27.2. The zero-order valence-electron chi connectivity index (χ0n) is 23.5. The number of fused-ring (bicyclic) bond motifs is 1. The number of ether oxygens (including phenoxy) is 2. The lowest BCUT2D eigenvalue weighted by atomic mass is 9.76. The Kier molecular flexibility index (Phi) is 7.48. The standard InChI is InChI=1S/C33H35N3O4/c1-5-39-30(37)29-27-21-22-35(31(38)40-32(2,3)4)23-28(27)36(34-29)33(24-15-9-6-10-16-24,25-17-11-7-12-18-25)26-19-13-8-14-20-26/h6-20H,5,21-23H2,1-4H3. The number of carbonyl (C=O) groups excluding carboxylic acids is 2. The fourth-order valence-electron chi connectivity index (χ4n) is 5.45. The van der Waals surface area contributed by atoms with Crippen molar-refractivity contribution >= 4 is 12.1 Å². The Bertz CT molecular complexity index is 1380. The van der Waals surface area contributed by atoms with Crippen LogP contribution >= 0.6 is 0 Å². The molecule has 4 aromatic rings. The van der Waals surface area contributed by atoms with E-state index in [-0.39, 0.29) is 18.8 Å². The third kappa shape index (κ3) is 4.99. The highest BCUT2D eigenvalue weighted by molar-refractivity contribution is 5.89. The first-order valence-corrected chi connectivity index (χ1v) is 13.7. The van der Waals surface area contributed by atoms with E-state index in [9.17, 15) is 9.59 Å². The van der Waals surface area contributed by atoms with Crippen molar-refractivity contribution in [1.29, 1.82) is 0 Å². The summed E-state index contributed by atoms with van der Waals surface area (Å²) in [6.07, 6.45) is 0.0605. The minimum atomic E-state index is -0.935. The summed E-state index contributed by atoms with van der Waals surface area (Å²) in [5, 5.41) is 5.04. The predicted octanol–water partition coefficient (Wildman–Crippen LogP) is 6.19. The van der Waals surface area contributed by atoms with Crippen molar-refractivity contribution in [3.8, 4) is 0 Å². The van der Waals surface area contributed by atoms with Crippen LogP contribution in [-0.2, 0) is 28.0 Å². The third-order valence-electron chi connectivity index (χ3n) is 7.08. The van der Waals surface area contributed by atoms with Gasteiger partial charge in [-0.2, -0.15) is 5.10 Å². The molecule has 40 heavy (non-hydrogen) atoms. The smallest absolute Gasteiger partial charge is 0.410 e. The predicted molar refractivity (Wildman–Crippen MR) is 153 cm³/mol. The van der Waals surface area contributed by atoms with E-state index >= 15 is 0 Å². The van der Waals surface area contributed by atoms with Crippen molar-refractivity contribution in [2.24, 2.45) is 0 Å². The fourth-order valence-corrected chi connectivity index (χ4v) is 5.45. The Morgan fingerprint density at radius 1 is 0.825 bits per heavy atom. The number of aromatic nitrogens is 2. The summed E-state index contributed by atoms with van der Waals surface area (Å²) in [6, 6.07) is 30.4. The van der Waals surface area contributed by atoms with Crippen LogP contribution < -0.4 is 0 Å². The summed E-state index contributed by atoms with van der Waals surface area (Å²) in [4.78, 5) is 28.2. The van der Waals surface area contributed by atoms with Gasteiger partial charge in [-0.3, -0.25) is 0 Å². The second-order valence-electron chi connectivity index (χ2n) is 10.9. The summed E-state index contributed by atoms with van der Waals surface area (Å²) >= 11 is 0.